The van der Waals surface area contributed by atoms with Gasteiger partial charge in [0.15, 0.2) is 0 Å². The molecule has 2 aromatic rings. The third kappa shape index (κ3) is 4.74. The van der Waals surface area contributed by atoms with Crippen LogP contribution in [0.15, 0.2) is 58.6 Å². The molecule has 7 heteroatoms. The van der Waals surface area contributed by atoms with Crippen molar-refractivity contribution >= 4 is 33.4 Å². The number of halogens is 1. The topological polar surface area (TPSA) is 87.1 Å². The van der Waals surface area contributed by atoms with Crippen LogP contribution < -0.4 is 0 Å². The van der Waals surface area contributed by atoms with Crippen LogP contribution in [0.2, 0.25) is 0 Å². The van der Waals surface area contributed by atoms with Gasteiger partial charge in [-0.2, -0.15) is 0 Å². The smallest absolute Gasteiger partial charge is 0.295 e. The number of hydrogen-bond donors (Lipinski definition) is 2. The highest BCUT2D eigenvalue weighted by Crippen LogP contribution is 2.39. The van der Waals surface area contributed by atoms with E-state index in [2.05, 4.69) is 15.9 Å². The number of ether oxygens (including phenoxy) is 1. The fourth-order valence-electron chi connectivity index (χ4n) is 3.43. The van der Waals surface area contributed by atoms with Gasteiger partial charge in [-0.25, -0.2) is 0 Å². The lowest BCUT2D eigenvalue weighted by Gasteiger charge is -2.25. The van der Waals surface area contributed by atoms with E-state index >= 15 is 0 Å². The number of rotatable bonds is 7. The third-order valence-electron chi connectivity index (χ3n) is 4.86. The maximum absolute atomic E-state index is 12.9. The number of phenolic OH excluding ortho intramolecular Hbond substituents is 1. The monoisotopic (exact) mass is 473 g/mol. The summed E-state index contributed by atoms with van der Waals surface area (Å²) in [6, 6.07) is 12.4. The number of aliphatic hydroxyl groups is 1. The number of aliphatic hydroxyl groups excluding tert-OH is 1. The number of hydrogen-bond acceptors (Lipinski definition) is 5. The van der Waals surface area contributed by atoms with E-state index in [1.165, 1.54) is 17.0 Å². The molecule has 1 atom stereocenters. The lowest BCUT2D eigenvalue weighted by atomic mass is 9.95. The highest BCUT2D eigenvalue weighted by molar-refractivity contribution is 9.10. The molecule has 1 aliphatic heterocycles. The minimum atomic E-state index is -0.742. The zero-order chi connectivity index (χ0) is 21.8. The summed E-state index contributed by atoms with van der Waals surface area (Å²) in [5.74, 6) is -1.52. The van der Waals surface area contributed by atoms with Crippen molar-refractivity contribution in [2.24, 2.45) is 0 Å². The SMILES string of the molecule is CC(C)OCCCN1C(=O)C(=O)/C(=C(\O)c2ccc(Br)cc2)C1c1ccc(O)cc1. The molecule has 158 valence electrons. The number of ketones is 1. The van der Waals surface area contributed by atoms with Gasteiger partial charge in [0.05, 0.1) is 17.7 Å². The van der Waals surface area contributed by atoms with Crippen LogP contribution in [0.3, 0.4) is 0 Å². The van der Waals surface area contributed by atoms with Crippen LogP contribution in [0.5, 0.6) is 5.75 Å². The number of likely N-dealkylation sites (tertiary alicyclic amines) is 1. The number of phenols is 1. The number of amides is 1. The molecule has 1 fully saturated rings. The van der Waals surface area contributed by atoms with Crippen LogP contribution in [0.25, 0.3) is 5.76 Å². The first kappa shape index (κ1) is 22.1. The maximum Gasteiger partial charge on any atom is 0.295 e. The van der Waals surface area contributed by atoms with Crippen molar-refractivity contribution < 1.29 is 24.5 Å². The number of benzene rings is 2. The molecule has 2 aromatic carbocycles. The number of carbonyl (C=O) groups is 2. The van der Waals surface area contributed by atoms with E-state index in [0.29, 0.717) is 30.7 Å². The number of carbonyl (C=O) groups excluding carboxylic acids is 2. The predicted molar refractivity (Wildman–Crippen MR) is 117 cm³/mol. The first-order valence-corrected chi connectivity index (χ1v) is 10.5. The van der Waals surface area contributed by atoms with Crippen LogP contribution in [0.1, 0.15) is 37.4 Å². The molecular formula is C23H24BrNO5. The molecule has 1 saturated heterocycles. The Morgan fingerprint density at radius 2 is 1.73 bits per heavy atom. The molecule has 1 heterocycles. The second-order valence-electron chi connectivity index (χ2n) is 7.36. The Morgan fingerprint density at radius 1 is 1.10 bits per heavy atom. The van der Waals surface area contributed by atoms with E-state index in [-0.39, 0.29) is 23.2 Å². The Bertz CT molecular complexity index is 951. The van der Waals surface area contributed by atoms with Gasteiger partial charge in [-0.1, -0.05) is 40.2 Å². The van der Waals surface area contributed by atoms with Gasteiger partial charge in [-0.3, -0.25) is 9.59 Å². The minimum absolute atomic E-state index is 0.0396. The van der Waals surface area contributed by atoms with Gasteiger partial charge in [0.2, 0.25) is 0 Å². The van der Waals surface area contributed by atoms with Crippen LogP contribution in [-0.2, 0) is 14.3 Å². The Balaban J connectivity index is 2.01. The predicted octanol–water partition coefficient (Wildman–Crippen LogP) is 4.39. The van der Waals surface area contributed by atoms with Crippen LogP contribution in [0, 0.1) is 0 Å². The van der Waals surface area contributed by atoms with Gasteiger partial charge in [-0.05, 0) is 50.1 Å². The fourth-order valence-corrected chi connectivity index (χ4v) is 3.70. The third-order valence-corrected chi connectivity index (χ3v) is 5.39. The van der Waals surface area contributed by atoms with Crippen molar-refractivity contribution in [3.63, 3.8) is 0 Å². The molecule has 6 nitrogen and oxygen atoms in total. The van der Waals surface area contributed by atoms with Crippen molar-refractivity contribution in [1.29, 1.82) is 0 Å². The van der Waals surface area contributed by atoms with E-state index in [1.54, 1.807) is 36.4 Å². The number of nitrogens with zero attached hydrogens (tertiary/aromatic N) is 1. The van der Waals surface area contributed by atoms with Crippen molar-refractivity contribution in [3.8, 4) is 5.75 Å². The van der Waals surface area contributed by atoms with Crippen molar-refractivity contribution in [2.75, 3.05) is 13.2 Å². The van der Waals surface area contributed by atoms with Gasteiger partial charge in [0.25, 0.3) is 11.7 Å². The van der Waals surface area contributed by atoms with E-state index in [1.807, 2.05) is 13.8 Å². The van der Waals surface area contributed by atoms with Crippen molar-refractivity contribution in [3.05, 3.63) is 69.7 Å². The summed E-state index contributed by atoms with van der Waals surface area (Å²) >= 11 is 3.35. The molecule has 0 aliphatic carbocycles. The molecular weight excluding hydrogens is 450 g/mol. The first-order valence-electron chi connectivity index (χ1n) is 9.74. The molecule has 0 spiro atoms. The zero-order valence-corrected chi connectivity index (χ0v) is 18.4. The molecule has 0 aromatic heterocycles. The molecule has 0 saturated carbocycles. The Labute approximate surface area is 183 Å². The molecule has 2 N–H and O–H groups in total. The van der Waals surface area contributed by atoms with Gasteiger partial charge in [0.1, 0.15) is 11.5 Å². The fraction of sp³-hybridized carbons (Fsp3) is 0.304. The highest BCUT2D eigenvalue weighted by Gasteiger charge is 2.45. The van der Waals surface area contributed by atoms with E-state index in [0.717, 1.165) is 4.47 Å². The molecule has 1 amide bonds. The van der Waals surface area contributed by atoms with Crippen molar-refractivity contribution in [1.82, 2.24) is 4.90 Å². The lowest BCUT2D eigenvalue weighted by molar-refractivity contribution is -0.140. The summed E-state index contributed by atoms with van der Waals surface area (Å²) in [5.41, 5.74) is 1.12. The van der Waals surface area contributed by atoms with Gasteiger partial charge in [-0.15, -0.1) is 0 Å². The normalized spacial score (nSPS) is 18.4. The summed E-state index contributed by atoms with van der Waals surface area (Å²) in [6.07, 6.45) is 0.628. The van der Waals surface area contributed by atoms with E-state index < -0.39 is 17.7 Å². The van der Waals surface area contributed by atoms with E-state index in [4.69, 9.17) is 4.74 Å². The zero-order valence-electron chi connectivity index (χ0n) is 16.8. The summed E-state index contributed by atoms with van der Waals surface area (Å²) in [5, 5.41) is 20.6. The van der Waals surface area contributed by atoms with Crippen LogP contribution in [0.4, 0.5) is 0 Å². The Kier molecular flexibility index (Phi) is 6.95. The summed E-state index contributed by atoms with van der Waals surface area (Å²) < 4.78 is 6.39. The molecule has 0 radical (unpaired) electrons. The number of Topliss-reactive ketones (excluding diaryl/α,β-unsaturated/α-hetero) is 1. The molecule has 1 aliphatic rings. The van der Waals surface area contributed by atoms with Gasteiger partial charge < -0.3 is 19.8 Å². The van der Waals surface area contributed by atoms with Crippen LogP contribution >= 0.6 is 15.9 Å². The Morgan fingerprint density at radius 3 is 2.33 bits per heavy atom. The number of aromatic hydroxyl groups is 1. The average Bonchev–Trinajstić information content (AvgIpc) is 2.96. The molecule has 3 rings (SSSR count). The Hall–Kier alpha value is -2.64. The summed E-state index contributed by atoms with van der Waals surface area (Å²) in [6.45, 7) is 4.62. The lowest BCUT2D eigenvalue weighted by Crippen LogP contribution is -2.31. The largest absolute Gasteiger partial charge is 0.508 e. The van der Waals surface area contributed by atoms with Gasteiger partial charge >= 0.3 is 0 Å². The quantitative estimate of drug-likeness (QED) is 0.269. The average molecular weight is 474 g/mol. The molecule has 30 heavy (non-hydrogen) atoms. The van der Waals surface area contributed by atoms with E-state index in [9.17, 15) is 19.8 Å². The summed E-state index contributed by atoms with van der Waals surface area (Å²) in [7, 11) is 0. The molecule has 1 unspecified atom stereocenters. The molecule has 0 bridgehead atoms. The first-order chi connectivity index (χ1) is 14.3. The highest BCUT2D eigenvalue weighted by atomic mass is 79.9. The maximum atomic E-state index is 12.9. The second kappa shape index (κ2) is 9.45. The standard InChI is InChI=1S/C23H24BrNO5/c1-14(2)30-13-3-12-25-20(15-6-10-18(26)11-7-15)19(22(28)23(25)29)21(27)16-4-8-17(24)9-5-16/h4-11,14,20,26-27H,3,12-13H2,1-2H3/b21-19-. The second-order valence-corrected chi connectivity index (χ2v) is 8.28. The van der Waals surface area contributed by atoms with Crippen LogP contribution in [-0.4, -0.2) is 46.1 Å². The van der Waals surface area contributed by atoms with Crippen molar-refractivity contribution in [2.45, 2.75) is 32.4 Å². The summed E-state index contributed by atoms with van der Waals surface area (Å²) in [4.78, 5) is 27.2. The minimum Gasteiger partial charge on any atom is -0.508 e. The van der Waals surface area contributed by atoms with Gasteiger partial charge in [0, 0.05) is 23.2 Å².